The van der Waals surface area contributed by atoms with Gasteiger partial charge in [0.25, 0.3) is 5.91 Å². The zero-order valence-electron chi connectivity index (χ0n) is 28.4. The van der Waals surface area contributed by atoms with Crippen molar-refractivity contribution >= 4 is 40.9 Å². The number of ether oxygens (including phenoxy) is 1. The van der Waals surface area contributed by atoms with Crippen LogP contribution in [0.25, 0.3) is 0 Å². The fourth-order valence-electron chi connectivity index (χ4n) is 8.19. The molecular formula is C38H49N3O5S. The molecule has 5 rings (SSSR count). The molecule has 3 saturated heterocycles. The van der Waals surface area contributed by atoms with Crippen molar-refractivity contribution in [2.45, 2.75) is 76.0 Å². The molecule has 3 aliphatic rings. The number of para-hydroxylation sites is 1. The minimum absolute atomic E-state index is 0.102. The van der Waals surface area contributed by atoms with Crippen molar-refractivity contribution in [3.63, 3.8) is 0 Å². The van der Waals surface area contributed by atoms with Crippen molar-refractivity contribution in [3.05, 3.63) is 78.9 Å². The summed E-state index contributed by atoms with van der Waals surface area (Å²) in [5.41, 5.74) is 3.43. The van der Waals surface area contributed by atoms with Crippen molar-refractivity contribution in [1.82, 2.24) is 4.90 Å². The van der Waals surface area contributed by atoms with E-state index in [1.165, 1.54) is 0 Å². The molecule has 2 bridgehead atoms. The molecule has 2 unspecified atom stereocenters. The third-order valence-corrected chi connectivity index (χ3v) is 11.9. The van der Waals surface area contributed by atoms with Crippen molar-refractivity contribution < 1.29 is 24.2 Å². The van der Waals surface area contributed by atoms with Gasteiger partial charge in [0.05, 0.1) is 35.8 Å². The SMILES string of the molecule is C=CCN(C(=O)[C@@H]1[C@@H]2CCC3(S2)C(C(=O)N(CC=C)c2c(C)cccc2C)N([C@@H](CO)CC(C)C)C(=O)[C@H]13)c1ccc(OCC)cc1. The van der Waals surface area contributed by atoms with Crippen LogP contribution >= 0.6 is 11.8 Å². The summed E-state index contributed by atoms with van der Waals surface area (Å²) in [6.45, 7) is 18.7. The van der Waals surface area contributed by atoms with Gasteiger partial charge in [-0.05, 0) is 81.3 Å². The number of rotatable bonds is 14. The number of nitrogens with zero attached hydrogens (tertiary/aromatic N) is 3. The number of carbonyl (C=O) groups excluding carboxylic acids is 3. The lowest BCUT2D eigenvalue weighted by atomic mass is 9.70. The molecule has 3 heterocycles. The summed E-state index contributed by atoms with van der Waals surface area (Å²) in [4.78, 5) is 49.8. The van der Waals surface area contributed by atoms with E-state index in [4.69, 9.17) is 4.74 Å². The molecule has 3 aliphatic heterocycles. The van der Waals surface area contributed by atoms with Crippen LogP contribution in [-0.4, -0.2) is 76.1 Å². The minimum atomic E-state index is -0.832. The highest BCUT2D eigenvalue weighted by Crippen LogP contribution is 2.67. The van der Waals surface area contributed by atoms with E-state index in [0.29, 0.717) is 30.9 Å². The topological polar surface area (TPSA) is 90.4 Å². The highest BCUT2D eigenvalue weighted by molar-refractivity contribution is 8.02. The van der Waals surface area contributed by atoms with Gasteiger partial charge < -0.3 is 24.5 Å². The number of fused-ring (bicyclic) bond motifs is 1. The number of thioether (sulfide) groups is 1. The summed E-state index contributed by atoms with van der Waals surface area (Å²) in [6, 6.07) is 12.0. The molecule has 47 heavy (non-hydrogen) atoms. The molecular weight excluding hydrogens is 611 g/mol. The summed E-state index contributed by atoms with van der Waals surface area (Å²) in [5.74, 6) is -0.931. The maximum Gasteiger partial charge on any atom is 0.251 e. The van der Waals surface area contributed by atoms with E-state index in [2.05, 4.69) is 27.0 Å². The maximum atomic E-state index is 15.1. The van der Waals surface area contributed by atoms with Crippen molar-refractivity contribution in [2.75, 3.05) is 36.1 Å². The van der Waals surface area contributed by atoms with E-state index in [9.17, 15) is 14.7 Å². The lowest BCUT2D eigenvalue weighted by Gasteiger charge is -2.40. The zero-order valence-corrected chi connectivity index (χ0v) is 29.2. The van der Waals surface area contributed by atoms with Gasteiger partial charge in [0.15, 0.2) is 0 Å². The first-order valence-corrected chi connectivity index (χ1v) is 17.7. The fourth-order valence-corrected chi connectivity index (χ4v) is 10.4. The molecule has 252 valence electrons. The Hall–Kier alpha value is -3.56. The van der Waals surface area contributed by atoms with E-state index in [-0.39, 0.29) is 48.6 Å². The minimum Gasteiger partial charge on any atom is -0.494 e. The van der Waals surface area contributed by atoms with E-state index in [1.54, 1.807) is 38.6 Å². The number of hydrogen-bond donors (Lipinski definition) is 1. The largest absolute Gasteiger partial charge is 0.494 e. The normalized spacial score (nSPS) is 25.1. The first-order chi connectivity index (χ1) is 22.5. The Morgan fingerprint density at radius 2 is 1.70 bits per heavy atom. The van der Waals surface area contributed by atoms with Crippen molar-refractivity contribution in [2.24, 2.45) is 17.8 Å². The molecule has 1 N–H and O–H groups in total. The van der Waals surface area contributed by atoms with Gasteiger partial charge in [-0.3, -0.25) is 14.4 Å². The number of likely N-dealkylation sites (tertiary alicyclic amines) is 1. The second kappa shape index (κ2) is 14.3. The summed E-state index contributed by atoms with van der Waals surface area (Å²) < 4.78 is 4.83. The Labute approximate surface area is 283 Å². The Kier molecular flexibility index (Phi) is 10.6. The third-order valence-electron chi connectivity index (χ3n) is 9.93. The molecule has 3 amide bonds. The molecule has 2 aromatic rings. The maximum absolute atomic E-state index is 15.1. The van der Waals surface area contributed by atoms with Crippen LogP contribution < -0.4 is 14.5 Å². The number of carbonyl (C=O) groups is 3. The number of amides is 3. The Bertz CT molecular complexity index is 1490. The van der Waals surface area contributed by atoms with Gasteiger partial charge in [0, 0.05) is 29.7 Å². The van der Waals surface area contributed by atoms with E-state index in [1.807, 2.05) is 63.2 Å². The molecule has 9 heteroatoms. The molecule has 0 aliphatic carbocycles. The predicted molar refractivity (Wildman–Crippen MR) is 190 cm³/mol. The van der Waals surface area contributed by atoms with Gasteiger partial charge >= 0.3 is 0 Å². The quantitative estimate of drug-likeness (QED) is 0.253. The standard InChI is InChI=1S/C38H49N3O5S/c1-8-20-39(27-14-16-29(17-15-27)46-10-3)35(43)31-30-18-19-38(47-30)32(31)36(44)41(28(23-42)22-24(4)5)34(38)37(45)40(21-9-2)33-25(6)12-11-13-26(33)7/h8-9,11-17,24,28,30-32,34,42H,1-2,10,18-23H2,3-7H3/t28-,30+,31-,32+,34?,38?/m1/s1. The molecule has 0 aromatic heterocycles. The molecule has 1 spiro atoms. The van der Waals surface area contributed by atoms with E-state index < -0.39 is 28.7 Å². The molecule has 8 nitrogen and oxygen atoms in total. The Balaban J connectivity index is 1.60. The van der Waals surface area contributed by atoms with Crippen LogP contribution in [0, 0.1) is 31.6 Å². The number of anilines is 2. The third kappa shape index (κ3) is 6.13. The Morgan fingerprint density at radius 1 is 1.06 bits per heavy atom. The summed E-state index contributed by atoms with van der Waals surface area (Å²) >= 11 is 1.64. The van der Waals surface area contributed by atoms with Crippen molar-refractivity contribution in [1.29, 1.82) is 0 Å². The molecule has 0 radical (unpaired) electrons. The fraction of sp³-hybridized carbons (Fsp3) is 0.500. The van der Waals surface area contributed by atoms with Crippen LogP contribution in [-0.2, 0) is 14.4 Å². The number of benzene rings is 2. The summed E-state index contributed by atoms with van der Waals surface area (Å²) in [7, 11) is 0. The monoisotopic (exact) mass is 659 g/mol. The summed E-state index contributed by atoms with van der Waals surface area (Å²) in [5, 5.41) is 10.6. The molecule has 2 aromatic carbocycles. The second-order valence-corrected chi connectivity index (χ2v) is 15.0. The van der Waals surface area contributed by atoms with E-state index >= 15 is 4.79 Å². The van der Waals surface area contributed by atoms with Crippen LogP contribution in [0.2, 0.25) is 0 Å². The van der Waals surface area contributed by atoms with Gasteiger partial charge in [-0.2, -0.15) is 0 Å². The first-order valence-electron chi connectivity index (χ1n) is 16.8. The predicted octanol–water partition coefficient (Wildman–Crippen LogP) is 5.94. The van der Waals surface area contributed by atoms with Crippen LogP contribution in [0.4, 0.5) is 11.4 Å². The average Bonchev–Trinajstić information content (AvgIpc) is 3.69. The number of hydrogen-bond acceptors (Lipinski definition) is 6. The second-order valence-electron chi connectivity index (χ2n) is 13.4. The molecule has 3 fully saturated rings. The zero-order chi connectivity index (χ0) is 34.0. The molecule has 0 saturated carbocycles. The average molecular weight is 660 g/mol. The lowest BCUT2D eigenvalue weighted by Crippen LogP contribution is -2.58. The number of aliphatic hydroxyl groups is 1. The van der Waals surface area contributed by atoms with Crippen LogP contribution in [0.15, 0.2) is 67.8 Å². The van der Waals surface area contributed by atoms with E-state index in [0.717, 1.165) is 23.2 Å². The van der Waals surface area contributed by atoms with Crippen molar-refractivity contribution in [3.8, 4) is 5.75 Å². The highest BCUT2D eigenvalue weighted by atomic mass is 32.2. The number of aliphatic hydroxyl groups excluding tert-OH is 1. The van der Waals surface area contributed by atoms with Gasteiger partial charge in [-0.25, -0.2) is 0 Å². The van der Waals surface area contributed by atoms with Gasteiger partial charge in [0.1, 0.15) is 11.8 Å². The first kappa shape index (κ1) is 34.8. The lowest BCUT2D eigenvalue weighted by molar-refractivity contribution is -0.142. The number of aryl methyl sites for hydroxylation is 2. The van der Waals surface area contributed by atoms with Crippen LogP contribution in [0.3, 0.4) is 0 Å². The van der Waals surface area contributed by atoms with Gasteiger partial charge in [-0.1, -0.05) is 44.2 Å². The summed E-state index contributed by atoms with van der Waals surface area (Å²) in [6.07, 6.45) is 5.33. The van der Waals surface area contributed by atoms with Crippen LogP contribution in [0.1, 0.15) is 51.2 Å². The molecule has 6 atom stereocenters. The van der Waals surface area contributed by atoms with Crippen LogP contribution in [0.5, 0.6) is 5.75 Å². The van der Waals surface area contributed by atoms with Gasteiger partial charge in [-0.15, -0.1) is 24.9 Å². The Morgan fingerprint density at radius 3 is 2.28 bits per heavy atom. The highest BCUT2D eigenvalue weighted by Gasteiger charge is 2.74. The van der Waals surface area contributed by atoms with Gasteiger partial charge in [0.2, 0.25) is 11.8 Å². The smallest absolute Gasteiger partial charge is 0.251 e.